The van der Waals surface area contributed by atoms with Crippen LogP contribution in [0.1, 0.15) is 12.5 Å². The Hall–Kier alpha value is -2.09. The van der Waals surface area contributed by atoms with Crippen LogP contribution < -0.4 is 4.90 Å². The molecule has 0 fully saturated rings. The highest BCUT2D eigenvalue weighted by Gasteiger charge is 2.19. The molecule has 1 N–H and O–H groups in total. The molecular weight excluding hydrogens is 194 g/mol. The maximum Gasteiger partial charge on any atom is 0.326 e. The molecule has 1 aromatic rings. The van der Waals surface area contributed by atoms with E-state index in [1.165, 1.54) is 17.3 Å². The number of hydrogen-bond acceptors (Lipinski definition) is 4. The van der Waals surface area contributed by atoms with Crippen molar-refractivity contribution in [3.8, 4) is 6.07 Å². The first kappa shape index (κ1) is 11.0. The first-order valence-corrected chi connectivity index (χ1v) is 4.37. The highest BCUT2D eigenvalue weighted by Crippen LogP contribution is 2.18. The van der Waals surface area contributed by atoms with E-state index in [-0.39, 0.29) is 0 Å². The lowest BCUT2D eigenvalue weighted by molar-refractivity contribution is -0.138. The Morgan fingerprint density at radius 1 is 1.73 bits per heavy atom. The molecule has 0 amide bonds. The van der Waals surface area contributed by atoms with Crippen LogP contribution in [-0.2, 0) is 4.79 Å². The van der Waals surface area contributed by atoms with Crippen LogP contribution in [0.5, 0.6) is 0 Å². The summed E-state index contributed by atoms with van der Waals surface area (Å²) in [5.74, 6) is -0.940. The summed E-state index contributed by atoms with van der Waals surface area (Å²) in [6, 6.07) is 2.86. The van der Waals surface area contributed by atoms with Crippen LogP contribution in [-0.4, -0.2) is 29.1 Å². The largest absolute Gasteiger partial charge is 0.480 e. The fraction of sp³-hybridized carbons (Fsp3) is 0.300. The lowest BCUT2D eigenvalue weighted by atomic mass is 10.2. The van der Waals surface area contributed by atoms with Crippen LogP contribution in [0.15, 0.2) is 18.5 Å². The molecule has 0 bridgehead atoms. The number of aliphatic carboxylic acids is 1. The van der Waals surface area contributed by atoms with Gasteiger partial charge in [-0.25, -0.2) is 4.79 Å². The molecule has 0 radical (unpaired) electrons. The first-order valence-electron chi connectivity index (χ1n) is 4.37. The topological polar surface area (TPSA) is 77.2 Å². The van der Waals surface area contributed by atoms with Crippen molar-refractivity contribution in [1.82, 2.24) is 4.98 Å². The van der Waals surface area contributed by atoms with Gasteiger partial charge in [0.05, 0.1) is 17.4 Å². The zero-order chi connectivity index (χ0) is 11.4. The van der Waals surface area contributed by atoms with Gasteiger partial charge in [-0.3, -0.25) is 4.98 Å². The number of aromatic nitrogens is 1. The number of likely N-dealkylation sites (N-methyl/N-ethyl adjacent to an activating group) is 1. The van der Waals surface area contributed by atoms with Gasteiger partial charge in [0.15, 0.2) is 0 Å². The second kappa shape index (κ2) is 4.42. The smallest absolute Gasteiger partial charge is 0.326 e. The molecule has 1 rings (SSSR count). The number of carbonyl (C=O) groups is 1. The quantitative estimate of drug-likeness (QED) is 0.791. The lowest BCUT2D eigenvalue weighted by Gasteiger charge is -2.23. The number of rotatable bonds is 3. The minimum absolute atomic E-state index is 0.417. The minimum Gasteiger partial charge on any atom is -0.480 e. The van der Waals surface area contributed by atoms with E-state index >= 15 is 0 Å². The van der Waals surface area contributed by atoms with Crippen LogP contribution in [0.3, 0.4) is 0 Å². The molecule has 1 atom stereocenters. The number of nitriles is 1. The zero-order valence-electron chi connectivity index (χ0n) is 8.51. The predicted octanol–water partition coefficient (Wildman–Crippen LogP) is 0.863. The first-order chi connectivity index (χ1) is 7.07. The van der Waals surface area contributed by atoms with Crippen molar-refractivity contribution < 1.29 is 9.90 Å². The summed E-state index contributed by atoms with van der Waals surface area (Å²) in [6.07, 6.45) is 2.99. The average molecular weight is 205 g/mol. The Bertz CT molecular complexity index is 411. The van der Waals surface area contributed by atoms with Crippen molar-refractivity contribution in [3.05, 3.63) is 24.0 Å². The van der Waals surface area contributed by atoms with E-state index < -0.39 is 12.0 Å². The fourth-order valence-electron chi connectivity index (χ4n) is 1.14. The van der Waals surface area contributed by atoms with E-state index in [0.717, 1.165) is 0 Å². The number of carboxylic acid groups (broad SMARTS) is 1. The van der Waals surface area contributed by atoms with Crippen molar-refractivity contribution in [2.45, 2.75) is 13.0 Å². The number of pyridine rings is 1. The minimum atomic E-state index is -0.940. The van der Waals surface area contributed by atoms with Crippen molar-refractivity contribution in [1.29, 1.82) is 5.26 Å². The maximum absolute atomic E-state index is 10.8. The van der Waals surface area contributed by atoms with Crippen molar-refractivity contribution in [3.63, 3.8) is 0 Å². The van der Waals surface area contributed by atoms with Crippen LogP contribution in [0.25, 0.3) is 0 Å². The van der Waals surface area contributed by atoms with E-state index in [2.05, 4.69) is 4.98 Å². The molecule has 5 nitrogen and oxygen atoms in total. The SMILES string of the molecule is CC(C(=O)O)N(C)c1cnccc1C#N. The molecule has 5 heteroatoms. The standard InChI is InChI=1S/C10H11N3O2/c1-7(10(14)15)13(2)9-6-12-4-3-8(9)5-11/h3-4,6-7H,1-2H3,(H,14,15). The van der Waals surface area contributed by atoms with Gasteiger partial charge in [0.2, 0.25) is 0 Å². The number of nitrogens with zero attached hydrogens (tertiary/aromatic N) is 3. The Kier molecular flexibility index (Phi) is 3.24. The Morgan fingerprint density at radius 3 is 2.93 bits per heavy atom. The van der Waals surface area contributed by atoms with Crippen molar-refractivity contribution >= 4 is 11.7 Å². The van der Waals surface area contributed by atoms with Gasteiger partial charge in [0, 0.05) is 13.2 Å². The van der Waals surface area contributed by atoms with Crippen LogP contribution in [0.2, 0.25) is 0 Å². The molecule has 1 aromatic heterocycles. The molecule has 0 saturated heterocycles. The van der Waals surface area contributed by atoms with E-state index in [4.69, 9.17) is 10.4 Å². The normalized spacial score (nSPS) is 11.5. The van der Waals surface area contributed by atoms with Gasteiger partial charge in [-0.1, -0.05) is 0 Å². The van der Waals surface area contributed by atoms with Gasteiger partial charge < -0.3 is 10.0 Å². The van der Waals surface area contributed by atoms with Crippen LogP contribution in [0, 0.1) is 11.3 Å². The van der Waals surface area contributed by atoms with E-state index in [1.54, 1.807) is 20.0 Å². The fourth-order valence-corrected chi connectivity index (χ4v) is 1.14. The lowest BCUT2D eigenvalue weighted by Crippen LogP contribution is -2.36. The zero-order valence-corrected chi connectivity index (χ0v) is 8.51. The van der Waals surface area contributed by atoms with Crippen LogP contribution >= 0.6 is 0 Å². The highest BCUT2D eigenvalue weighted by atomic mass is 16.4. The van der Waals surface area contributed by atoms with Gasteiger partial charge in [0.1, 0.15) is 12.1 Å². The second-order valence-electron chi connectivity index (χ2n) is 3.13. The van der Waals surface area contributed by atoms with E-state index in [1.807, 2.05) is 6.07 Å². The van der Waals surface area contributed by atoms with Gasteiger partial charge in [-0.05, 0) is 13.0 Å². The number of carboxylic acids is 1. The molecule has 0 aliphatic rings. The molecule has 0 aromatic carbocycles. The highest BCUT2D eigenvalue weighted by molar-refractivity contribution is 5.78. The summed E-state index contributed by atoms with van der Waals surface area (Å²) in [6.45, 7) is 1.55. The third kappa shape index (κ3) is 2.23. The van der Waals surface area contributed by atoms with Gasteiger partial charge in [0.25, 0.3) is 0 Å². The molecular formula is C10H11N3O2. The average Bonchev–Trinajstić information content (AvgIpc) is 2.26. The molecule has 0 saturated carbocycles. The second-order valence-corrected chi connectivity index (χ2v) is 3.13. The monoisotopic (exact) mass is 205 g/mol. The molecule has 78 valence electrons. The molecule has 0 aliphatic heterocycles. The third-order valence-electron chi connectivity index (χ3n) is 2.24. The maximum atomic E-state index is 10.8. The van der Waals surface area contributed by atoms with Crippen LogP contribution in [0.4, 0.5) is 5.69 Å². The summed E-state index contributed by atoms with van der Waals surface area (Å²) in [7, 11) is 1.62. The number of anilines is 1. The predicted molar refractivity (Wildman–Crippen MR) is 54.5 cm³/mol. The van der Waals surface area contributed by atoms with Crippen molar-refractivity contribution in [2.75, 3.05) is 11.9 Å². The Morgan fingerprint density at radius 2 is 2.40 bits per heavy atom. The Balaban J connectivity index is 3.06. The van der Waals surface area contributed by atoms with Crippen molar-refractivity contribution in [2.24, 2.45) is 0 Å². The molecule has 0 aliphatic carbocycles. The number of hydrogen-bond donors (Lipinski definition) is 1. The summed E-state index contributed by atoms with van der Waals surface area (Å²) < 4.78 is 0. The molecule has 1 unspecified atom stereocenters. The third-order valence-corrected chi connectivity index (χ3v) is 2.24. The van der Waals surface area contributed by atoms with Gasteiger partial charge in [-0.2, -0.15) is 5.26 Å². The summed E-state index contributed by atoms with van der Waals surface area (Å²) >= 11 is 0. The molecule has 0 spiro atoms. The molecule has 15 heavy (non-hydrogen) atoms. The Labute approximate surface area is 87.6 Å². The summed E-state index contributed by atoms with van der Waals surface area (Å²) in [5.41, 5.74) is 0.940. The van der Waals surface area contributed by atoms with Gasteiger partial charge in [-0.15, -0.1) is 0 Å². The van der Waals surface area contributed by atoms with E-state index in [9.17, 15) is 4.79 Å². The summed E-state index contributed by atoms with van der Waals surface area (Å²) in [4.78, 5) is 16.1. The molecule has 1 heterocycles. The summed E-state index contributed by atoms with van der Waals surface area (Å²) in [5, 5.41) is 17.7. The van der Waals surface area contributed by atoms with E-state index in [0.29, 0.717) is 11.3 Å². The van der Waals surface area contributed by atoms with Gasteiger partial charge >= 0.3 is 5.97 Å².